The Morgan fingerprint density at radius 1 is 1.58 bits per heavy atom. The molecule has 0 rings (SSSR count). The summed E-state index contributed by atoms with van der Waals surface area (Å²) in [6, 6.07) is 1.86. The summed E-state index contributed by atoms with van der Waals surface area (Å²) < 4.78 is 4.73. The van der Waals surface area contributed by atoms with Crippen molar-refractivity contribution in [3.63, 3.8) is 0 Å². The number of carbonyl (C=O) groups excluding carboxylic acids is 1. The van der Waals surface area contributed by atoms with Gasteiger partial charge in [-0.05, 0) is 6.92 Å². The van der Waals surface area contributed by atoms with E-state index in [9.17, 15) is 4.79 Å². The molecule has 0 spiro atoms. The highest BCUT2D eigenvalue weighted by Gasteiger charge is 2.02. The summed E-state index contributed by atoms with van der Waals surface area (Å²) in [5.41, 5.74) is 0.766. The van der Waals surface area contributed by atoms with Crippen LogP contribution in [0.1, 0.15) is 13.3 Å². The zero-order valence-corrected chi connectivity index (χ0v) is 7.09. The Bertz CT molecular complexity index is 248. The zero-order valence-electron chi connectivity index (χ0n) is 7.09. The monoisotopic (exact) mass is 165 g/mol. The smallest absolute Gasteiger partial charge is 0.333 e. The molecule has 0 fully saturated rings. The number of esters is 1. The predicted octanol–water partition coefficient (Wildman–Crippen LogP) is 1.58. The quantitative estimate of drug-likeness (QED) is 0.361. The van der Waals surface area contributed by atoms with Gasteiger partial charge in [0.05, 0.1) is 12.7 Å². The molecule has 12 heavy (non-hydrogen) atoms. The van der Waals surface area contributed by atoms with Gasteiger partial charge in [-0.1, -0.05) is 13.2 Å². The van der Waals surface area contributed by atoms with Gasteiger partial charge in [-0.3, -0.25) is 0 Å². The Hall–Kier alpha value is -1.56. The van der Waals surface area contributed by atoms with E-state index >= 15 is 0 Å². The van der Waals surface area contributed by atoms with Gasteiger partial charge in [0, 0.05) is 17.6 Å². The van der Waals surface area contributed by atoms with Crippen molar-refractivity contribution < 1.29 is 9.53 Å². The molecule has 0 heterocycles. The Labute approximate surface area is 71.9 Å². The summed E-state index contributed by atoms with van der Waals surface area (Å²) >= 11 is 0. The number of hydrogen-bond donors (Lipinski definition) is 0. The topological polar surface area (TPSA) is 50.1 Å². The van der Waals surface area contributed by atoms with Crippen LogP contribution in [0.3, 0.4) is 0 Å². The summed E-state index contributed by atoms with van der Waals surface area (Å²) in [4.78, 5) is 10.8. The van der Waals surface area contributed by atoms with Crippen LogP contribution in [0.25, 0.3) is 0 Å². The van der Waals surface area contributed by atoms with Crippen LogP contribution >= 0.6 is 0 Å². The maximum absolute atomic E-state index is 10.8. The summed E-state index contributed by atoms with van der Waals surface area (Å²) in [5, 5.41) is 8.30. The van der Waals surface area contributed by atoms with Crippen LogP contribution in [-0.4, -0.2) is 12.6 Å². The number of nitriles is 1. The van der Waals surface area contributed by atoms with Crippen LogP contribution in [0.5, 0.6) is 0 Å². The standard InChI is InChI=1S/C9H11NO2/c1-7(2)9(11)12-5-4-8(3)6-10/h1,3-5H2,2H3. The lowest BCUT2D eigenvalue weighted by Gasteiger charge is -2.01. The van der Waals surface area contributed by atoms with Crippen molar-refractivity contribution in [1.29, 1.82) is 5.26 Å². The average molecular weight is 165 g/mol. The third-order valence-corrected chi connectivity index (χ3v) is 1.14. The molecule has 0 N–H and O–H groups in total. The summed E-state index contributed by atoms with van der Waals surface area (Å²) in [6.45, 7) is 8.61. The van der Waals surface area contributed by atoms with E-state index in [0.29, 0.717) is 17.6 Å². The molecule has 3 heteroatoms. The molecular formula is C9H11NO2. The highest BCUT2D eigenvalue weighted by atomic mass is 16.5. The first-order chi connectivity index (χ1) is 5.57. The van der Waals surface area contributed by atoms with Crippen LogP contribution < -0.4 is 0 Å². The minimum atomic E-state index is -0.430. The molecule has 0 aromatic rings. The van der Waals surface area contributed by atoms with Gasteiger partial charge in [0.1, 0.15) is 0 Å². The van der Waals surface area contributed by atoms with Crippen LogP contribution in [-0.2, 0) is 9.53 Å². The van der Waals surface area contributed by atoms with Crippen LogP contribution in [0.15, 0.2) is 24.3 Å². The first-order valence-corrected chi connectivity index (χ1v) is 3.48. The molecule has 0 aliphatic rings. The normalized spacial score (nSPS) is 8.33. The number of nitrogens with zero attached hydrogens (tertiary/aromatic N) is 1. The Balaban J connectivity index is 3.59. The average Bonchev–Trinajstić information content (AvgIpc) is 2.03. The molecular weight excluding hydrogens is 154 g/mol. The van der Waals surface area contributed by atoms with Crippen LogP contribution in [0.4, 0.5) is 0 Å². The molecule has 64 valence electrons. The molecule has 0 saturated carbocycles. The van der Waals surface area contributed by atoms with Gasteiger partial charge in [0.2, 0.25) is 0 Å². The number of carbonyl (C=O) groups is 1. The Morgan fingerprint density at radius 2 is 2.17 bits per heavy atom. The fourth-order valence-corrected chi connectivity index (χ4v) is 0.446. The minimum Gasteiger partial charge on any atom is -0.462 e. The Kier molecular flexibility index (Phi) is 4.47. The van der Waals surface area contributed by atoms with E-state index in [0.717, 1.165) is 0 Å². The summed E-state index contributed by atoms with van der Waals surface area (Å²) in [7, 11) is 0. The third kappa shape index (κ3) is 4.29. The lowest BCUT2D eigenvalue weighted by atomic mass is 10.2. The second-order valence-corrected chi connectivity index (χ2v) is 2.38. The Morgan fingerprint density at radius 3 is 2.58 bits per heavy atom. The van der Waals surface area contributed by atoms with E-state index in [-0.39, 0.29) is 6.61 Å². The molecule has 0 bridgehead atoms. The van der Waals surface area contributed by atoms with E-state index in [1.165, 1.54) is 0 Å². The van der Waals surface area contributed by atoms with Crippen molar-refractivity contribution in [2.45, 2.75) is 13.3 Å². The number of ether oxygens (including phenoxy) is 1. The predicted molar refractivity (Wildman–Crippen MR) is 45.1 cm³/mol. The molecule has 0 unspecified atom stereocenters. The largest absolute Gasteiger partial charge is 0.462 e. The van der Waals surface area contributed by atoms with Gasteiger partial charge in [0.15, 0.2) is 0 Å². The number of rotatable bonds is 4. The van der Waals surface area contributed by atoms with Crippen molar-refractivity contribution in [1.82, 2.24) is 0 Å². The SMILES string of the molecule is C=C(C#N)CCOC(=O)C(=C)C. The van der Waals surface area contributed by atoms with Gasteiger partial charge in [-0.25, -0.2) is 4.79 Å². The lowest BCUT2D eigenvalue weighted by Crippen LogP contribution is -2.06. The molecule has 3 nitrogen and oxygen atoms in total. The van der Waals surface area contributed by atoms with Gasteiger partial charge in [-0.15, -0.1) is 0 Å². The molecule has 0 atom stereocenters. The second kappa shape index (κ2) is 5.14. The van der Waals surface area contributed by atoms with Gasteiger partial charge in [0.25, 0.3) is 0 Å². The van der Waals surface area contributed by atoms with Crippen molar-refractivity contribution in [3.05, 3.63) is 24.3 Å². The minimum absolute atomic E-state index is 0.193. The fourth-order valence-electron chi connectivity index (χ4n) is 0.446. The number of hydrogen-bond acceptors (Lipinski definition) is 3. The molecule has 0 radical (unpaired) electrons. The maximum Gasteiger partial charge on any atom is 0.333 e. The maximum atomic E-state index is 10.8. The van der Waals surface area contributed by atoms with Crippen LogP contribution in [0, 0.1) is 11.3 Å². The van der Waals surface area contributed by atoms with E-state index in [2.05, 4.69) is 13.2 Å². The van der Waals surface area contributed by atoms with E-state index in [1.807, 2.05) is 6.07 Å². The van der Waals surface area contributed by atoms with E-state index in [1.54, 1.807) is 6.92 Å². The zero-order chi connectivity index (χ0) is 9.56. The first kappa shape index (κ1) is 10.4. The molecule has 0 aromatic carbocycles. The van der Waals surface area contributed by atoms with Crippen molar-refractivity contribution in [3.8, 4) is 6.07 Å². The fraction of sp³-hybridized carbons (Fsp3) is 0.333. The summed E-state index contributed by atoms with van der Waals surface area (Å²) in [6.07, 6.45) is 0.384. The second-order valence-electron chi connectivity index (χ2n) is 2.38. The van der Waals surface area contributed by atoms with Gasteiger partial charge in [-0.2, -0.15) is 5.26 Å². The van der Waals surface area contributed by atoms with E-state index < -0.39 is 5.97 Å². The molecule has 0 aliphatic carbocycles. The molecule has 0 amide bonds. The molecule has 0 saturated heterocycles. The van der Waals surface area contributed by atoms with Gasteiger partial charge < -0.3 is 4.74 Å². The lowest BCUT2D eigenvalue weighted by molar-refractivity contribution is -0.138. The van der Waals surface area contributed by atoms with E-state index in [4.69, 9.17) is 10.00 Å². The van der Waals surface area contributed by atoms with Gasteiger partial charge >= 0.3 is 5.97 Å². The summed E-state index contributed by atoms with van der Waals surface area (Å²) in [5.74, 6) is -0.430. The first-order valence-electron chi connectivity index (χ1n) is 3.48. The molecule has 0 aromatic heterocycles. The highest BCUT2D eigenvalue weighted by Crippen LogP contribution is 1.98. The van der Waals surface area contributed by atoms with Crippen LogP contribution in [0.2, 0.25) is 0 Å². The van der Waals surface area contributed by atoms with Crippen molar-refractivity contribution >= 4 is 5.97 Å². The van der Waals surface area contributed by atoms with Crippen molar-refractivity contribution in [2.75, 3.05) is 6.61 Å². The third-order valence-electron chi connectivity index (χ3n) is 1.14. The van der Waals surface area contributed by atoms with Crippen molar-refractivity contribution in [2.24, 2.45) is 0 Å². The molecule has 0 aliphatic heterocycles. The highest BCUT2D eigenvalue weighted by molar-refractivity contribution is 5.86.